The summed E-state index contributed by atoms with van der Waals surface area (Å²) in [5.41, 5.74) is 0.769. The molecule has 4 unspecified atom stereocenters. The van der Waals surface area contributed by atoms with Gasteiger partial charge in [0, 0.05) is 60.1 Å². The van der Waals surface area contributed by atoms with E-state index in [0.717, 1.165) is 95.5 Å². The van der Waals surface area contributed by atoms with Crippen LogP contribution in [0.25, 0.3) is 0 Å². The second-order valence-corrected chi connectivity index (χ2v) is 28.6. The third-order valence-corrected chi connectivity index (χ3v) is 18.8. The van der Waals surface area contributed by atoms with Crippen molar-refractivity contribution in [2.75, 3.05) is 67.4 Å². The molecule has 117 heavy (non-hydrogen) atoms. The molecule has 0 bridgehead atoms. The smallest absolute Gasteiger partial charge is 0.408 e. The van der Waals surface area contributed by atoms with E-state index < -0.39 is 116 Å². The Hall–Kier alpha value is -8.25. The number of Topliss-reactive ketones (excluding diaryl/α,β-unsaturated/α-hetero) is 1. The zero-order valence-electron chi connectivity index (χ0n) is 70.3. The van der Waals surface area contributed by atoms with Crippen molar-refractivity contribution >= 4 is 41.4 Å². The predicted molar refractivity (Wildman–Crippen MR) is 456 cm³/mol. The van der Waals surface area contributed by atoms with Crippen LogP contribution >= 0.6 is 0 Å². The maximum absolute atomic E-state index is 14.1. The minimum atomic E-state index is -1.85. The van der Waals surface area contributed by atoms with Crippen LogP contribution in [0, 0.1) is 0 Å². The number of hydrogen-bond acceptors (Lipinski definition) is 20. The summed E-state index contributed by atoms with van der Waals surface area (Å²) >= 11 is 0. The largest absolute Gasteiger partial charge is 0.492 e. The van der Waals surface area contributed by atoms with Crippen molar-refractivity contribution in [2.45, 2.75) is 280 Å². The van der Waals surface area contributed by atoms with E-state index in [1.54, 1.807) is 12.1 Å². The van der Waals surface area contributed by atoms with E-state index in [1.165, 1.54) is 21.3 Å². The number of alkyl carbamates (subject to hydrolysis) is 1. The van der Waals surface area contributed by atoms with E-state index in [4.69, 9.17) is 37.9 Å². The first-order valence-electron chi connectivity index (χ1n) is 42.2. The number of allylic oxidation sites excluding steroid dienone is 24. The normalized spacial score (nSPS) is 20.9. The molecule has 0 aromatic heterocycles. The predicted octanol–water partition coefficient (Wildman–Crippen LogP) is 11.4. The van der Waals surface area contributed by atoms with Crippen LogP contribution in [0.15, 0.2) is 170 Å². The Balaban J connectivity index is 1.59. The molecule has 6 amide bonds. The molecule has 654 valence electrons. The number of ether oxygens (including phenoxy) is 8. The van der Waals surface area contributed by atoms with E-state index in [9.17, 15) is 59.1 Å². The zero-order chi connectivity index (χ0) is 85.1. The molecule has 0 spiro atoms. The van der Waals surface area contributed by atoms with E-state index in [-0.39, 0.29) is 82.5 Å². The minimum absolute atomic E-state index is 0.0496. The summed E-state index contributed by atoms with van der Waals surface area (Å²) in [6.07, 6.45) is 52.6. The minimum Gasteiger partial charge on any atom is -0.492 e. The van der Waals surface area contributed by atoms with Crippen molar-refractivity contribution < 1.29 is 97.0 Å². The van der Waals surface area contributed by atoms with Crippen LogP contribution in [0.4, 0.5) is 4.79 Å². The van der Waals surface area contributed by atoms with E-state index >= 15 is 0 Å². The molecular formula is C91H140N6O20. The summed E-state index contributed by atoms with van der Waals surface area (Å²) in [7, 11) is 3.85. The van der Waals surface area contributed by atoms with Crippen molar-refractivity contribution in [1.29, 1.82) is 0 Å². The van der Waals surface area contributed by atoms with Gasteiger partial charge in [0.2, 0.25) is 29.5 Å². The Labute approximate surface area is 695 Å². The third kappa shape index (κ3) is 48.4. The number of amides is 6. The number of benzene rings is 1. The Morgan fingerprint density at radius 2 is 0.889 bits per heavy atom. The average molecular weight is 1640 g/mol. The van der Waals surface area contributed by atoms with Gasteiger partial charge in [-0.2, -0.15) is 0 Å². The lowest BCUT2D eigenvalue weighted by molar-refractivity contribution is -0.328. The lowest BCUT2D eigenvalue weighted by Gasteiger charge is -2.43. The van der Waals surface area contributed by atoms with Crippen LogP contribution in [0.2, 0.25) is 0 Å². The van der Waals surface area contributed by atoms with Crippen LogP contribution in [0.1, 0.15) is 200 Å². The SMILES string of the molecule is CC/C=C\C/C=C\C/C=C\C/C=C\C/C=C\C/C=C\CCC(=O)NCCOc1ccc(C[C@H](NC(=O)CC/C=C\C/C=C\C/C=C\C/C=C\C/C=C\C/C=C\CC)C(=O)NCCCC[C@H](NC(=O)CCCCCC)C(=O)NCCCC[C@H](NC(=O)O[C@@H]2C(O)[C@H](OCC3O[C@H](OC)C(O)[C@@H](O)[C@@H]3O)OC(COC)[C@H]2O)C(=O)COC)cc1. The molecule has 1 aromatic carbocycles. The van der Waals surface area contributed by atoms with Crippen molar-refractivity contribution in [1.82, 2.24) is 31.9 Å². The number of aliphatic hydroxyl groups excluding tert-OH is 5. The first-order chi connectivity index (χ1) is 56.9. The highest BCUT2D eigenvalue weighted by Gasteiger charge is 2.50. The molecule has 2 aliphatic heterocycles. The monoisotopic (exact) mass is 1640 g/mol. The Morgan fingerprint density at radius 1 is 0.427 bits per heavy atom. The second kappa shape index (κ2) is 67.6. The summed E-state index contributed by atoms with van der Waals surface area (Å²) in [6, 6.07) is 4.19. The number of unbranched alkanes of at least 4 members (excludes halogenated alkanes) is 5. The quantitative estimate of drug-likeness (QED) is 0.0213. The molecule has 26 heteroatoms. The number of carbonyl (C=O) groups is 7. The highest BCUT2D eigenvalue weighted by atomic mass is 16.7. The molecule has 0 aliphatic carbocycles. The molecular weight excluding hydrogens is 1500 g/mol. The number of aliphatic hydroxyl groups is 5. The summed E-state index contributed by atoms with van der Waals surface area (Å²) in [6.45, 7) is 6.06. The van der Waals surface area contributed by atoms with Crippen LogP contribution in [0.3, 0.4) is 0 Å². The first kappa shape index (κ1) is 103. The van der Waals surface area contributed by atoms with Gasteiger partial charge in [0.15, 0.2) is 24.5 Å². The van der Waals surface area contributed by atoms with Gasteiger partial charge in [0.1, 0.15) is 73.8 Å². The number of methoxy groups -OCH3 is 3. The van der Waals surface area contributed by atoms with Crippen molar-refractivity contribution in [2.24, 2.45) is 0 Å². The molecule has 0 saturated carbocycles. The molecule has 2 fully saturated rings. The van der Waals surface area contributed by atoms with Gasteiger partial charge >= 0.3 is 6.09 Å². The van der Waals surface area contributed by atoms with Gasteiger partial charge in [-0.3, -0.25) is 28.8 Å². The van der Waals surface area contributed by atoms with Gasteiger partial charge in [-0.15, -0.1) is 0 Å². The highest BCUT2D eigenvalue weighted by Crippen LogP contribution is 2.28. The van der Waals surface area contributed by atoms with E-state index in [2.05, 4.69) is 180 Å². The fourth-order valence-electron chi connectivity index (χ4n) is 12.2. The van der Waals surface area contributed by atoms with Crippen LogP contribution in [-0.2, 0) is 68.3 Å². The van der Waals surface area contributed by atoms with Crippen LogP contribution < -0.4 is 36.6 Å². The van der Waals surface area contributed by atoms with Crippen molar-refractivity contribution in [3.8, 4) is 5.75 Å². The summed E-state index contributed by atoms with van der Waals surface area (Å²) in [4.78, 5) is 94.2. The number of ketones is 1. The highest BCUT2D eigenvalue weighted by molar-refractivity contribution is 5.89. The number of carbonyl (C=O) groups excluding carboxylic acids is 7. The second-order valence-electron chi connectivity index (χ2n) is 28.6. The van der Waals surface area contributed by atoms with Gasteiger partial charge in [0.05, 0.1) is 25.8 Å². The van der Waals surface area contributed by atoms with Crippen LogP contribution in [-0.4, -0.2) is 214 Å². The fraction of sp³-hybridized carbons (Fsp3) is 0.593. The Morgan fingerprint density at radius 3 is 1.38 bits per heavy atom. The van der Waals surface area contributed by atoms with Gasteiger partial charge < -0.3 is 95.3 Å². The first-order valence-corrected chi connectivity index (χ1v) is 42.2. The van der Waals surface area contributed by atoms with E-state index in [0.29, 0.717) is 63.7 Å². The lowest BCUT2D eigenvalue weighted by atomic mass is 9.98. The number of nitrogens with one attached hydrogen (secondary N) is 6. The third-order valence-electron chi connectivity index (χ3n) is 18.8. The standard InChI is InChI=1S/C91H140N6O20/c1-7-10-13-16-18-20-22-24-26-28-30-32-34-36-38-40-42-44-47-55-78(99)92-64-65-113-71-60-58-70(59-61-71)66-74(96-80(101)57-48-45-43-41-39-37-35-33-31-29-27-25-23-21-19-17-14-11-8-2)88(108)94-63-52-50-54-73(95-79(100)56-46-15-12-9-3)87(107)93-62-51-49-53-72(75(98)67-110-4)97-91(109)117-86-82(103)76(68-111-5)116-90(85(86)106)114-69-77-81(102)83(104)84(105)89(112-6)115-77/h10-11,13-14,18-21,24-27,30-33,36-39,42-45,58-61,72-74,76-77,81-86,89-90,102-106H,7-9,12,15-17,22-23,28-29,34-35,40-41,46-57,62-69H2,1-6H3,(H,92,99)(H,93,107)(H,94,108)(H,95,100)(H,96,101)(H,97,109)/b13-10-,14-11-,20-18-,21-19-,26-24-,27-25-,32-30-,33-31-,38-36-,39-37-,44-42-,45-43-/t72-,73-,74-,76?,77?,81+,82+,83-,84?,85?,86-,89-,90+/m0/s1. The average Bonchev–Trinajstić information content (AvgIpc) is 0.798. The molecule has 11 N–H and O–H groups in total. The maximum Gasteiger partial charge on any atom is 0.408 e. The van der Waals surface area contributed by atoms with Gasteiger partial charge in [-0.05, 0) is 153 Å². The fourth-order valence-corrected chi connectivity index (χ4v) is 12.2. The zero-order valence-corrected chi connectivity index (χ0v) is 70.3. The van der Waals surface area contributed by atoms with Gasteiger partial charge in [-0.25, -0.2) is 4.79 Å². The molecule has 26 nitrogen and oxygen atoms in total. The van der Waals surface area contributed by atoms with Gasteiger partial charge in [0.25, 0.3) is 0 Å². The molecule has 2 saturated heterocycles. The molecule has 0 radical (unpaired) electrons. The van der Waals surface area contributed by atoms with Gasteiger partial charge in [-0.1, -0.05) is 198 Å². The van der Waals surface area contributed by atoms with Crippen molar-refractivity contribution in [3.05, 3.63) is 176 Å². The van der Waals surface area contributed by atoms with Crippen molar-refractivity contribution in [3.63, 3.8) is 0 Å². The summed E-state index contributed by atoms with van der Waals surface area (Å²) in [5, 5.41) is 70.8. The topological polar surface area (TPSA) is 367 Å². The molecule has 1 aromatic rings. The van der Waals surface area contributed by atoms with E-state index in [1.807, 2.05) is 30.4 Å². The molecule has 13 atom stereocenters. The molecule has 3 rings (SSSR count). The Bertz CT molecular complexity index is 3270. The number of rotatable bonds is 64. The number of hydrogen-bond donors (Lipinski definition) is 11. The van der Waals surface area contributed by atoms with Crippen LogP contribution in [0.5, 0.6) is 5.75 Å². The summed E-state index contributed by atoms with van der Waals surface area (Å²) in [5.74, 6) is -1.43. The Kier molecular flexibility index (Phi) is 59.5. The lowest BCUT2D eigenvalue weighted by Crippen LogP contribution is -2.63. The molecule has 2 heterocycles. The summed E-state index contributed by atoms with van der Waals surface area (Å²) < 4.78 is 43.8. The molecule has 2 aliphatic rings. The maximum atomic E-state index is 14.1.